The van der Waals surface area contributed by atoms with Gasteiger partial charge in [0, 0.05) is 38.1 Å². The highest BCUT2D eigenvalue weighted by atomic mass is 127. The third kappa shape index (κ3) is 7.95. The Bertz CT molecular complexity index is 672. The van der Waals surface area contributed by atoms with Gasteiger partial charge >= 0.3 is 0 Å². The third-order valence-electron chi connectivity index (χ3n) is 6.45. The van der Waals surface area contributed by atoms with E-state index in [0.29, 0.717) is 6.04 Å². The predicted octanol–water partition coefficient (Wildman–Crippen LogP) is 4.31. The van der Waals surface area contributed by atoms with Crippen LogP contribution < -0.4 is 15.4 Å². The summed E-state index contributed by atoms with van der Waals surface area (Å²) in [6.07, 6.45) is 6.08. The first-order chi connectivity index (χ1) is 15.2. The van der Waals surface area contributed by atoms with E-state index in [1.165, 1.54) is 24.8 Å². The molecule has 0 radical (unpaired) electrons. The molecule has 8 heteroatoms. The van der Waals surface area contributed by atoms with Gasteiger partial charge in [0.05, 0.1) is 13.2 Å². The van der Waals surface area contributed by atoms with Gasteiger partial charge in [0.2, 0.25) is 0 Å². The van der Waals surface area contributed by atoms with Crippen molar-refractivity contribution in [2.45, 2.75) is 49.8 Å². The molecule has 2 aliphatic heterocycles. The number of hydrogen-bond acceptors (Lipinski definition) is 5. The summed E-state index contributed by atoms with van der Waals surface area (Å²) in [6.45, 7) is 8.02. The Kier molecular flexibility index (Phi) is 12.5. The van der Waals surface area contributed by atoms with Crippen molar-refractivity contribution >= 4 is 41.7 Å². The van der Waals surface area contributed by atoms with Gasteiger partial charge in [0.1, 0.15) is 5.75 Å². The van der Waals surface area contributed by atoms with E-state index in [0.717, 1.165) is 69.7 Å². The first-order valence-corrected chi connectivity index (χ1v) is 12.7. The molecule has 0 aromatic heterocycles. The molecule has 6 nitrogen and oxygen atoms in total. The maximum atomic E-state index is 5.61. The van der Waals surface area contributed by atoms with Crippen molar-refractivity contribution in [2.24, 2.45) is 4.99 Å². The van der Waals surface area contributed by atoms with Crippen molar-refractivity contribution in [2.75, 3.05) is 59.3 Å². The molecule has 1 aromatic rings. The molecule has 2 heterocycles. The van der Waals surface area contributed by atoms with Gasteiger partial charge in [0.25, 0.3) is 0 Å². The lowest BCUT2D eigenvalue weighted by Gasteiger charge is -2.37. The fourth-order valence-electron chi connectivity index (χ4n) is 4.59. The molecule has 182 valence electrons. The van der Waals surface area contributed by atoms with E-state index in [-0.39, 0.29) is 28.7 Å². The fraction of sp³-hybridized carbons (Fsp3) is 0.708. The topological polar surface area (TPSA) is 58.1 Å². The fourth-order valence-corrected chi connectivity index (χ4v) is 5.84. The number of hydrogen-bond donors (Lipinski definition) is 2. The minimum Gasteiger partial charge on any atom is -0.497 e. The minimum atomic E-state index is 0. The molecule has 1 unspecified atom stereocenters. The molecule has 1 aromatic carbocycles. The summed E-state index contributed by atoms with van der Waals surface area (Å²) in [6, 6.07) is 8.86. The van der Waals surface area contributed by atoms with E-state index < -0.39 is 0 Å². The highest BCUT2D eigenvalue weighted by molar-refractivity contribution is 14.0. The molecule has 1 atom stereocenters. The van der Waals surface area contributed by atoms with E-state index >= 15 is 0 Å². The number of aliphatic imine (C=N–C) groups is 1. The molecule has 0 amide bonds. The number of halogens is 1. The van der Waals surface area contributed by atoms with Gasteiger partial charge in [-0.05, 0) is 62.2 Å². The molecule has 0 spiro atoms. The lowest BCUT2D eigenvalue weighted by atomic mass is 9.99. The zero-order valence-electron chi connectivity index (χ0n) is 19.9. The number of thioether (sulfide) groups is 1. The zero-order chi connectivity index (χ0) is 21.9. The number of guanidine groups is 1. The average Bonchev–Trinajstić information content (AvgIpc) is 2.83. The van der Waals surface area contributed by atoms with Gasteiger partial charge in [-0.1, -0.05) is 25.5 Å². The van der Waals surface area contributed by atoms with Gasteiger partial charge in [-0.15, -0.1) is 24.0 Å². The lowest BCUT2D eigenvalue weighted by Crippen LogP contribution is -2.49. The van der Waals surface area contributed by atoms with E-state index in [2.05, 4.69) is 63.5 Å². The number of nitrogens with zero attached hydrogens (tertiary/aromatic N) is 2. The van der Waals surface area contributed by atoms with Crippen LogP contribution in [0.5, 0.6) is 5.75 Å². The summed E-state index contributed by atoms with van der Waals surface area (Å²) in [7, 11) is 3.58. The molecule has 2 fully saturated rings. The van der Waals surface area contributed by atoms with Gasteiger partial charge in [0.15, 0.2) is 5.96 Å². The second-order valence-corrected chi connectivity index (χ2v) is 10.2. The van der Waals surface area contributed by atoms with Crippen LogP contribution in [0.15, 0.2) is 29.3 Å². The largest absolute Gasteiger partial charge is 0.497 e. The van der Waals surface area contributed by atoms with Gasteiger partial charge in [-0.3, -0.25) is 9.89 Å². The molecule has 2 saturated heterocycles. The van der Waals surface area contributed by atoms with Crippen molar-refractivity contribution in [1.82, 2.24) is 15.5 Å². The number of methoxy groups -OCH3 is 1. The van der Waals surface area contributed by atoms with Crippen LogP contribution in [0.1, 0.15) is 50.6 Å². The van der Waals surface area contributed by atoms with E-state index in [1.54, 1.807) is 7.11 Å². The Labute approximate surface area is 215 Å². The van der Waals surface area contributed by atoms with Crippen molar-refractivity contribution in [3.05, 3.63) is 29.8 Å². The van der Waals surface area contributed by atoms with Crippen molar-refractivity contribution in [3.63, 3.8) is 0 Å². The Morgan fingerprint density at radius 3 is 2.44 bits per heavy atom. The van der Waals surface area contributed by atoms with Gasteiger partial charge in [-0.2, -0.15) is 11.8 Å². The third-order valence-corrected chi connectivity index (χ3v) is 7.90. The maximum absolute atomic E-state index is 5.61. The summed E-state index contributed by atoms with van der Waals surface area (Å²) in [5.41, 5.74) is 1.33. The molecule has 32 heavy (non-hydrogen) atoms. The van der Waals surface area contributed by atoms with Crippen molar-refractivity contribution < 1.29 is 9.47 Å². The quantitative estimate of drug-likeness (QED) is 0.260. The van der Waals surface area contributed by atoms with Crippen LogP contribution in [0, 0.1) is 0 Å². The second kappa shape index (κ2) is 14.5. The first-order valence-electron chi connectivity index (χ1n) is 11.7. The Morgan fingerprint density at radius 1 is 1.16 bits per heavy atom. The number of ether oxygens (including phenoxy) is 2. The van der Waals surface area contributed by atoms with Crippen LogP contribution in [0.25, 0.3) is 0 Å². The van der Waals surface area contributed by atoms with Crippen LogP contribution in [0.4, 0.5) is 0 Å². The first kappa shape index (κ1) is 27.5. The summed E-state index contributed by atoms with van der Waals surface area (Å²) < 4.78 is 11.2. The SMILES string of the molecule is CCSC1(CNC(=NC)NCC(c2ccc(OC)cc2)N2CCCCC2)CCOCC1.I. The Balaban J connectivity index is 0.00000363. The standard InChI is InChI=1S/C24H40N4O2S.HI/c1-4-31-24(12-16-30-17-13-24)19-27-23(25-2)26-18-22(28-14-6-5-7-15-28)20-8-10-21(29-3)11-9-20;/h8-11,22H,4-7,12-19H2,1-3H3,(H2,25,26,27);1H. The molecule has 2 aliphatic rings. The van der Waals surface area contributed by atoms with Crippen molar-refractivity contribution in [3.8, 4) is 5.75 Å². The minimum absolute atomic E-state index is 0. The van der Waals surface area contributed by atoms with Crippen LogP contribution in [-0.4, -0.2) is 74.9 Å². The number of benzene rings is 1. The Morgan fingerprint density at radius 2 is 1.84 bits per heavy atom. The van der Waals surface area contributed by atoms with E-state index in [4.69, 9.17) is 9.47 Å². The summed E-state index contributed by atoms with van der Waals surface area (Å²) in [5, 5.41) is 7.24. The lowest BCUT2D eigenvalue weighted by molar-refractivity contribution is 0.0782. The molecule has 2 N–H and O–H groups in total. The number of piperidine rings is 1. The van der Waals surface area contributed by atoms with Crippen LogP contribution >= 0.6 is 35.7 Å². The highest BCUT2D eigenvalue weighted by Crippen LogP contribution is 2.34. The average molecular weight is 577 g/mol. The maximum Gasteiger partial charge on any atom is 0.191 e. The summed E-state index contributed by atoms with van der Waals surface area (Å²) >= 11 is 2.05. The molecule has 3 rings (SSSR count). The van der Waals surface area contributed by atoms with Crippen LogP contribution in [0.3, 0.4) is 0 Å². The molecule has 0 aliphatic carbocycles. The molecular weight excluding hydrogens is 535 g/mol. The normalized spacial score (nSPS) is 20.2. The zero-order valence-corrected chi connectivity index (χ0v) is 23.0. The molecule has 0 saturated carbocycles. The number of nitrogens with one attached hydrogen (secondary N) is 2. The summed E-state index contributed by atoms with van der Waals surface area (Å²) in [5.74, 6) is 2.92. The smallest absolute Gasteiger partial charge is 0.191 e. The summed E-state index contributed by atoms with van der Waals surface area (Å²) in [4.78, 5) is 7.13. The van der Waals surface area contributed by atoms with Crippen LogP contribution in [0.2, 0.25) is 0 Å². The predicted molar refractivity (Wildman–Crippen MR) is 147 cm³/mol. The van der Waals surface area contributed by atoms with Crippen molar-refractivity contribution in [1.29, 1.82) is 0 Å². The van der Waals surface area contributed by atoms with E-state index in [9.17, 15) is 0 Å². The van der Waals surface area contributed by atoms with Crippen LogP contribution in [-0.2, 0) is 4.74 Å². The second-order valence-electron chi connectivity index (χ2n) is 8.42. The van der Waals surface area contributed by atoms with Gasteiger partial charge < -0.3 is 20.1 Å². The number of rotatable bonds is 9. The Hall–Kier alpha value is -0.710. The molecule has 0 bridgehead atoms. The number of likely N-dealkylation sites (tertiary alicyclic amines) is 1. The van der Waals surface area contributed by atoms with Gasteiger partial charge in [-0.25, -0.2) is 0 Å². The van der Waals surface area contributed by atoms with E-state index in [1.807, 2.05) is 7.05 Å². The molecular formula is C24H41IN4O2S. The highest BCUT2D eigenvalue weighted by Gasteiger charge is 2.33. The monoisotopic (exact) mass is 576 g/mol.